The van der Waals surface area contributed by atoms with Crippen LogP contribution in [0.5, 0.6) is 0 Å². The summed E-state index contributed by atoms with van der Waals surface area (Å²) in [5.41, 5.74) is 0. The van der Waals surface area contributed by atoms with Crippen molar-refractivity contribution >= 4 is 0 Å². The highest BCUT2D eigenvalue weighted by Crippen LogP contribution is 2.39. The molecule has 1 aliphatic heterocycles. The van der Waals surface area contributed by atoms with E-state index in [1.54, 1.807) is 0 Å². The second kappa shape index (κ2) is 3.74. The zero-order valence-corrected chi connectivity index (χ0v) is 8.47. The topological polar surface area (TPSA) is 6.48 Å². The van der Waals surface area contributed by atoms with Crippen LogP contribution in [-0.4, -0.2) is 41.4 Å². The molecule has 1 heterocycles. The highest BCUT2D eigenvalue weighted by Gasteiger charge is 2.61. The van der Waals surface area contributed by atoms with Gasteiger partial charge in [-0.05, 0) is 6.92 Å². The van der Waals surface area contributed by atoms with Gasteiger partial charge < -0.3 is 4.90 Å². The van der Waals surface area contributed by atoms with Crippen LogP contribution in [0.25, 0.3) is 0 Å². The van der Waals surface area contributed by atoms with Crippen molar-refractivity contribution in [3.05, 3.63) is 12.4 Å². The van der Waals surface area contributed by atoms with Gasteiger partial charge >= 0.3 is 12.2 Å². The first kappa shape index (κ1) is 13.0. The first-order valence-corrected chi connectivity index (χ1v) is 4.35. The lowest BCUT2D eigenvalue weighted by Crippen LogP contribution is -2.55. The van der Waals surface area contributed by atoms with E-state index in [1.165, 1.54) is 18.9 Å². The molecule has 0 aromatic rings. The molecule has 0 saturated carbocycles. The van der Waals surface area contributed by atoms with Gasteiger partial charge in [-0.2, -0.15) is 22.0 Å². The van der Waals surface area contributed by atoms with E-state index in [9.17, 15) is 26.3 Å². The van der Waals surface area contributed by atoms with Crippen molar-refractivity contribution in [2.45, 2.75) is 31.5 Å². The van der Waals surface area contributed by atoms with Crippen LogP contribution >= 0.6 is 0 Å². The molecule has 8 heteroatoms. The SMILES string of the molecule is CC1N(C)C=CN1C(F)(F)C(F)C(F)(F)F. The molecular formula is C8H10F6N2. The van der Waals surface area contributed by atoms with Crippen LogP contribution in [-0.2, 0) is 0 Å². The zero-order valence-electron chi connectivity index (χ0n) is 8.47. The Kier molecular flexibility index (Phi) is 3.04. The van der Waals surface area contributed by atoms with E-state index in [1.807, 2.05) is 0 Å². The summed E-state index contributed by atoms with van der Waals surface area (Å²) in [6.45, 7) is 1.25. The minimum Gasteiger partial charge on any atom is -0.359 e. The number of hydrogen-bond donors (Lipinski definition) is 0. The third kappa shape index (κ3) is 2.05. The predicted molar refractivity (Wildman–Crippen MR) is 44.1 cm³/mol. The molecule has 0 N–H and O–H groups in total. The van der Waals surface area contributed by atoms with Crippen LogP contribution in [0.2, 0.25) is 0 Å². The second-order valence-corrected chi connectivity index (χ2v) is 3.49. The normalized spacial score (nSPS) is 24.1. The van der Waals surface area contributed by atoms with Crippen molar-refractivity contribution < 1.29 is 26.3 Å². The Labute approximate surface area is 88.1 Å². The van der Waals surface area contributed by atoms with Crippen molar-refractivity contribution in [3.8, 4) is 0 Å². The average Bonchev–Trinajstić information content (AvgIpc) is 2.45. The lowest BCUT2D eigenvalue weighted by atomic mass is 10.2. The summed E-state index contributed by atoms with van der Waals surface area (Å²) in [7, 11) is 1.40. The van der Waals surface area contributed by atoms with E-state index in [-0.39, 0.29) is 4.90 Å². The molecule has 0 amide bonds. The summed E-state index contributed by atoms with van der Waals surface area (Å²) in [6.07, 6.45) is -8.93. The molecule has 2 atom stereocenters. The Bertz CT molecular complexity index is 287. The third-order valence-electron chi connectivity index (χ3n) is 2.39. The van der Waals surface area contributed by atoms with Crippen LogP contribution in [0.15, 0.2) is 12.4 Å². The van der Waals surface area contributed by atoms with Crippen LogP contribution in [0, 0.1) is 0 Å². The Balaban J connectivity index is 2.90. The Morgan fingerprint density at radius 1 is 1.12 bits per heavy atom. The van der Waals surface area contributed by atoms with Gasteiger partial charge in [0.2, 0.25) is 0 Å². The quantitative estimate of drug-likeness (QED) is 0.547. The largest absolute Gasteiger partial charge is 0.427 e. The molecule has 2 unspecified atom stereocenters. The van der Waals surface area contributed by atoms with Crippen molar-refractivity contribution in [1.29, 1.82) is 0 Å². The molecular weight excluding hydrogens is 238 g/mol. The Morgan fingerprint density at radius 3 is 1.94 bits per heavy atom. The fourth-order valence-electron chi connectivity index (χ4n) is 1.30. The van der Waals surface area contributed by atoms with Crippen LogP contribution < -0.4 is 0 Å². The predicted octanol–water partition coefficient (Wildman–Crippen LogP) is 2.54. The molecule has 0 aliphatic carbocycles. The fourth-order valence-corrected chi connectivity index (χ4v) is 1.30. The van der Waals surface area contributed by atoms with Crippen molar-refractivity contribution in [3.63, 3.8) is 0 Å². The molecule has 0 spiro atoms. The van der Waals surface area contributed by atoms with Gasteiger partial charge in [0, 0.05) is 19.4 Å². The Morgan fingerprint density at radius 2 is 1.62 bits per heavy atom. The molecule has 0 bridgehead atoms. The van der Waals surface area contributed by atoms with Gasteiger partial charge in [0.25, 0.3) is 6.17 Å². The van der Waals surface area contributed by atoms with Gasteiger partial charge in [-0.25, -0.2) is 4.39 Å². The van der Waals surface area contributed by atoms with Gasteiger partial charge in [-0.15, -0.1) is 0 Å². The molecule has 16 heavy (non-hydrogen) atoms. The highest BCUT2D eigenvalue weighted by molar-refractivity contribution is 5.00. The molecule has 0 aromatic heterocycles. The zero-order chi connectivity index (χ0) is 12.7. The van der Waals surface area contributed by atoms with Gasteiger partial charge in [0.1, 0.15) is 6.17 Å². The number of rotatable bonds is 2. The van der Waals surface area contributed by atoms with Crippen molar-refractivity contribution in [2.24, 2.45) is 0 Å². The lowest BCUT2D eigenvalue weighted by Gasteiger charge is -2.35. The van der Waals surface area contributed by atoms with E-state index < -0.39 is 24.6 Å². The van der Waals surface area contributed by atoms with E-state index >= 15 is 0 Å². The van der Waals surface area contributed by atoms with Crippen LogP contribution in [0.1, 0.15) is 6.92 Å². The minimum absolute atomic E-state index is 0.0468. The molecule has 0 saturated heterocycles. The molecule has 1 aliphatic rings. The first-order chi connectivity index (χ1) is 7.08. The lowest BCUT2D eigenvalue weighted by molar-refractivity contribution is -0.286. The maximum atomic E-state index is 13.2. The highest BCUT2D eigenvalue weighted by atomic mass is 19.4. The molecule has 0 radical (unpaired) electrons. The first-order valence-electron chi connectivity index (χ1n) is 4.35. The summed E-state index contributed by atoms with van der Waals surface area (Å²) in [5.74, 6) is 0. The summed E-state index contributed by atoms with van der Waals surface area (Å²) in [4.78, 5) is 1.29. The molecule has 2 nitrogen and oxygen atoms in total. The minimum atomic E-state index is -5.59. The Hall–Kier alpha value is -1.08. The average molecular weight is 248 g/mol. The number of hydrogen-bond acceptors (Lipinski definition) is 2. The molecule has 94 valence electrons. The van der Waals surface area contributed by atoms with E-state index in [0.29, 0.717) is 0 Å². The maximum Gasteiger partial charge on any atom is 0.427 e. The van der Waals surface area contributed by atoms with Crippen molar-refractivity contribution in [2.75, 3.05) is 7.05 Å². The monoisotopic (exact) mass is 248 g/mol. The van der Waals surface area contributed by atoms with Gasteiger partial charge in [0.05, 0.1) is 0 Å². The second-order valence-electron chi connectivity index (χ2n) is 3.49. The van der Waals surface area contributed by atoms with Gasteiger partial charge in [-0.1, -0.05) is 0 Å². The third-order valence-corrected chi connectivity index (χ3v) is 2.39. The smallest absolute Gasteiger partial charge is 0.359 e. The van der Waals surface area contributed by atoms with Crippen LogP contribution in [0.3, 0.4) is 0 Å². The fraction of sp³-hybridized carbons (Fsp3) is 0.750. The maximum absolute atomic E-state index is 13.2. The summed E-state index contributed by atoms with van der Waals surface area (Å²) < 4.78 is 74.8. The summed E-state index contributed by atoms with van der Waals surface area (Å²) in [5, 5.41) is 0. The summed E-state index contributed by atoms with van der Waals surface area (Å²) in [6, 6.07) is -4.61. The molecule has 0 aromatic carbocycles. The standard InChI is InChI=1S/C8H10F6N2/c1-5-15(2)3-4-16(5)8(13,14)6(9)7(10,11)12/h3-6H,1-2H3. The van der Waals surface area contributed by atoms with Gasteiger partial charge in [-0.3, -0.25) is 4.90 Å². The van der Waals surface area contributed by atoms with E-state index in [2.05, 4.69) is 0 Å². The van der Waals surface area contributed by atoms with E-state index in [4.69, 9.17) is 0 Å². The number of nitrogens with zero attached hydrogens (tertiary/aromatic N) is 2. The number of halogens is 6. The molecule has 0 fully saturated rings. The summed E-state index contributed by atoms with van der Waals surface area (Å²) >= 11 is 0. The van der Waals surface area contributed by atoms with E-state index in [0.717, 1.165) is 12.4 Å². The van der Waals surface area contributed by atoms with Crippen molar-refractivity contribution in [1.82, 2.24) is 9.80 Å². The number of alkyl halides is 6. The van der Waals surface area contributed by atoms with Crippen LogP contribution in [0.4, 0.5) is 26.3 Å². The molecule has 1 rings (SSSR count). The van der Waals surface area contributed by atoms with Gasteiger partial charge in [0.15, 0.2) is 0 Å².